The molecule has 0 atom stereocenters. The van der Waals surface area contributed by atoms with Gasteiger partial charge in [0.15, 0.2) is 0 Å². The summed E-state index contributed by atoms with van der Waals surface area (Å²) in [4.78, 5) is 22.4. The van der Waals surface area contributed by atoms with Gasteiger partial charge in [0.2, 0.25) is 5.91 Å². The normalized spacial score (nSPS) is 13.8. The van der Waals surface area contributed by atoms with E-state index in [1.165, 1.54) is 6.20 Å². The van der Waals surface area contributed by atoms with Crippen LogP contribution < -0.4 is 5.32 Å². The van der Waals surface area contributed by atoms with Gasteiger partial charge in [-0.05, 0) is 37.1 Å². The first-order valence-electron chi connectivity index (χ1n) is 6.27. The molecule has 0 saturated heterocycles. The van der Waals surface area contributed by atoms with Gasteiger partial charge in [0.05, 0.1) is 17.6 Å². The highest BCUT2D eigenvalue weighted by Gasteiger charge is 2.17. The van der Waals surface area contributed by atoms with Crippen LogP contribution in [0.3, 0.4) is 0 Å². The number of aromatic carboxylic acids is 1. The van der Waals surface area contributed by atoms with Crippen LogP contribution >= 0.6 is 0 Å². The Balaban J connectivity index is 2.03. The van der Waals surface area contributed by atoms with Crippen LogP contribution in [0.5, 0.6) is 0 Å². The number of benzene rings is 1. The summed E-state index contributed by atoms with van der Waals surface area (Å²) in [6.45, 7) is 1.72. The van der Waals surface area contributed by atoms with E-state index in [-0.39, 0.29) is 11.5 Å². The average molecular weight is 271 g/mol. The van der Waals surface area contributed by atoms with E-state index in [0.717, 1.165) is 16.9 Å². The lowest BCUT2D eigenvalue weighted by atomic mass is 10.0. The predicted octanol–water partition coefficient (Wildman–Crippen LogP) is 1.76. The van der Waals surface area contributed by atoms with Gasteiger partial charge in [-0.15, -0.1) is 0 Å². The molecular weight excluding hydrogens is 258 g/mol. The van der Waals surface area contributed by atoms with Crippen molar-refractivity contribution in [2.75, 3.05) is 5.32 Å². The second-order valence-electron chi connectivity index (χ2n) is 4.75. The molecule has 0 fully saturated rings. The van der Waals surface area contributed by atoms with E-state index in [4.69, 9.17) is 5.11 Å². The van der Waals surface area contributed by atoms with Crippen LogP contribution in [0.1, 0.15) is 28.0 Å². The third-order valence-electron chi connectivity index (χ3n) is 3.47. The molecular formula is C14H13N3O3. The van der Waals surface area contributed by atoms with E-state index in [0.29, 0.717) is 18.5 Å². The monoisotopic (exact) mass is 271 g/mol. The van der Waals surface area contributed by atoms with Gasteiger partial charge in [0.25, 0.3) is 0 Å². The van der Waals surface area contributed by atoms with Crippen LogP contribution in [0, 0.1) is 6.92 Å². The maximum atomic E-state index is 11.3. The van der Waals surface area contributed by atoms with Crippen LogP contribution in [-0.2, 0) is 11.2 Å². The Labute approximate surface area is 115 Å². The standard InChI is InChI=1S/C14H13N3O3/c1-8-11(14(19)20)7-15-17(8)10-3-4-12-9(6-10)2-5-13(18)16-12/h3-4,6-7H,2,5H2,1H3,(H,16,18)(H,19,20). The van der Waals surface area contributed by atoms with Gasteiger partial charge in [-0.1, -0.05) is 0 Å². The zero-order valence-electron chi connectivity index (χ0n) is 10.9. The number of carboxylic acid groups (broad SMARTS) is 1. The van der Waals surface area contributed by atoms with Gasteiger partial charge in [-0.2, -0.15) is 5.10 Å². The van der Waals surface area contributed by atoms with Gasteiger partial charge in [0, 0.05) is 12.1 Å². The molecule has 0 aliphatic carbocycles. The van der Waals surface area contributed by atoms with Crippen LogP contribution in [0.25, 0.3) is 5.69 Å². The number of hydrogen-bond donors (Lipinski definition) is 2. The summed E-state index contributed by atoms with van der Waals surface area (Å²) in [7, 11) is 0. The Morgan fingerprint density at radius 1 is 1.40 bits per heavy atom. The molecule has 0 bridgehead atoms. The lowest BCUT2D eigenvalue weighted by molar-refractivity contribution is -0.116. The lowest BCUT2D eigenvalue weighted by Gasteiger charge is -2.17. The molecule has 3 rings (SSSR count). The number of nitrogens with one attached hydrogen (secondary N) is 1. The molecule has 0 spiro atoms. The number of nitrogens with zero attached hydrogens (tertiary/aromatic N) is 2. The van der Waals surface area contributed by atoms with Crippen LogP contribution in [0.2, 0.25) is 0 Å². The highest BCUT2D eigenvalue weighted by atomic mass is 16.4. The number of hydrogen-bond acceptors (Lipinski definition) is 3. The Kier molecular flexibility index (Phi) is 2.78. The third kappa shape index (κ3) is 1.95. The fraction of sp³-hybridized carbons (Fsp3) is 0.214. The van der Waals surface area contributed by atoms with Crippen molar-refractivity contribution in [3.8, 4) is 5.69 Å². The van der Waals surface area contributed by atoms with Crippen LogP contribution in [0.4, 0.5) is 5.69 Å². The predicted molar refractivity (Wildman–Crippen MR) is 72.2 cm³/mol. The Bertz CT molecular complexity index is 718. The van der Waals surface area contributed by atoms with Gasteiger partial charge in [-0.3, -0.25) is 4.79 Å². The highest BCUT2D eigenvalue weighted by molar-refractivity contribution is 5.94. The largest absolute Gasteiger partial charge is 0.478 e. The van der Waals surface area contributed by atoms with Crippen LogP contribution in [-0.4, -0.2) is 26.8 Å². The molecule has 1 amide bonds. The van der Waals surface area contributed by atoms with Crippen molar-refractivity contribution in [3.63, 3.8) is 0 Å². The van der Waals surface area contributed by atoms with Crippen molar-refractivity contribution in [1.82, 2.24) is 9.78 Å². The maximum Gasteiger partial charge on any atom is 0.339 e. The van der Waals surface area contributed by atoms with Crippen molar-refractivity contribution in [3.05, 3.63) is 41.2 Å². The number of rotatable bonds is 2. The Morgan fingerprint density at radius 3 is 2.90 bits per heavy atom. The number of aromatic nitrogens is 2. The first-order valence-corrected chi connectivity index (χ1v) is 6.27. The van der Waals surface area contributed by atoms with E-state index in [9.17, 15) is 9.59 Å². The SMILES string of the molecule is Cc1c(C(=O)O)cnn1-c1ccc2c(c1)CCC(=O)N2. The average Bonchev–Trinajstić information content (AvgIpc) is 2.80. The number of aryl methyl sites for hydroxylation is 1. The molecule has 2 aromatic rings. The van der Waals surface area contributed by atoms with Crippen molar-refractivity contribution < 1.29 is 14.7 Å². The lowest BCUT2D eigenvalue weighted by Crippen LogP contribution is -2.19. The number of carbonyl (C=O) groups is 2. The van der Waals surface area contributed by atoms with E-state index < -0.39 is 5.97 Å². The summed E-state index contributed by atoms with van der Waals surface area (Å²) in [5.74, 6) is -0.965. The maximum absolute atomic E-state index is 11.3. The minimum Gasteiger partial charge on any atom is -0.478 e. The molecule has 0 unspecified atom stereocenters. The number of carbonyl (C=O) groups excluding carboxylic acids is 1. The third-order valence-corrected chi connectivity index (χ3v) is 3.47. The van der Waals surface area contributed by atoms with Crippen molar-refractivity contribution in [2.24, 2.45) is 0 Å². The van der Waals surface area contributed by atoms with Gasteiger partial charge >= 0.3 is 5.97 Å². The number of anilines is 1. The number of carboxylic acids is 1. The zero-order chi connectivity index (χ0) is 14.3. The van der Waals surface area contributed by atoms with Gasteiger partial charge in [0.1, 0.15) is 5.56 Å². The number of amides is 1. The second kappa shape index (κ2) is 4.48. The van der Waals surface area contributed by atoms with Crippen molar-refractivity contribution >= 4 is 17.6 Å². The summed E-state index contributed by atoms with van der Waals surface area (Å²) < 4.78 is 1.60. The molecule has 102 valence electrons. The first-order chi connectivity index (χ1) is 9.56. The van der Waals surface area contributed by atoms with Crippen molar-refractivity contribution in [1.29, 1.82) is 0 Å². The summed E-state index contributed by atoms with van der Waals surface area (Å²) >= 11 is 0. The Morgan fingerprint density at radius 2 is 2.20 bits per heavy atom. The van der Waals surface area contributed by atoms with E-state index in [1.54, 1.807) is 11.6 Å². The fourth-order valence-electron chi connectivity index (χ4n) is 2.38. The smallest absolute Gasteiger partial charge is 0.339 e. The molecule has 1 aliphatic heterocycles. The second-order valence-corrected chi connectivity index (χ2v) is 4.75. The quantitative estimate of drug-likeness (QED) is 0.871. The molecule has 6 nitrogen and oxygen atoms in total. The molecule has 1 aromatic heterocycles. The zero-order valence-corrected chi connectivity index (χ0v) is 10.9. The van der Waals surface area contributed by atoms with Crippen molar-refractivity contribution in [2.45, 2.75) is 19.8 Å². The number of fused-ring (bicyclic) bond motifs is 1. The van der Waals surface area contributed by atoms with Gasteiger partial charge in [-0.25, -0.2) is 9.48 Å². The molecule has 1 aliphatic rings. The summed E-state index contributed by atoms with van der Waals surface area (Å²) in [5, 5.41) is 16.0. The molecule has 6 heteroatoms. The summed E-state index contributed by atoms with van der Waals surface area (Å²) in [5.41, 5.74) is 3.42. The minimum absolute atomic E-state index is 0.0219. The summed E-state index contributed by atoms with van der Waals surface area (Å²) in [6.07, 6.45) is 2.49. The molecule has 2 heterocycles. The van der Waals surface area contributed by atoms with E-state index >= 15 is 0 Å². The molecule has 0 radical (unpaired) electrons. The summed E-state index contributed by atoms with van der Waals surface area (Å²) in [6, 6.07) is 5.57. The van der Waals surface area contributed by atoms with Crippen LogP contribution in [0.15, 0.2) is 24.4 Å². The highest BCUT2D eigenvalue weighted by Crippen LogP contribution is 2.25. The minimum atomic E-state index is -0.987. The molecule has 1 aromatic carbocycles. The Hall–Kier alpha value is -2.63. The molecule has 2 N–H and O–H groups in total. The fourth-order valence-corrected chi connectivity index (χ4v) is 2.38. The van der Waals surface area contributed by atoms with E-state index in [1.807, 2.05) is 18.2 Å². The van der Waals surface area contributed by atoms with E-state index in [2.05, 4.69) is 10.4 Å². The molecule has 20 heavy (non-hydrogen) atoms. The van der Waals surface area contributed by atoms with Gasteiger partial charge < -0.3 is 10.4 Å². The topological polar surface area (TPSA) is 84.2 Å². The molecule has 0 saturated carbocycles. The first kappa shape index (κ1) is 12.4.